The smallest absolute Gasteiger partial charge is 0.290 e. The van der Waals surface area contributed by atoms with Gasteiger partial charge >= 0.3 is 0 Å². The third-order valence-corrected chi connectivity index (χ3v) is 1.29. The van der Waals surface area contributed by atoms with Crippen LogP contribution >= 0.6 is 0 Å². The molecule has 1 rings (SSSR count). The SMILES string of the molecule is C[C@@H](C#N)NC(=O)c1cc(=O)[nH]o1. The highest BCUT2D eigenvalue weighted by molar-refractivity contribution is 5.91. The summed E-state index contributed by atoms with van der Waals surface area (Å²) in [6.45, 7) is 1.52. The van der Waals surface area contributed by atoms with Crippen molar-refractivity contribution in [3.63, 3.8) is 0 Å². The van der Waals surface area contributed by atoms with E-state index in [1.54, 1.807) is 0 Å². The van der Waals surface area contributed by atoms with E-state index < -0.39 is 17.5 Å². The van der Waals surface area contributed by atoms with Crippen molar-refractivity contribution in [3.8, 4) is 6.07 Å². The van der Waals surface area contributed by atoms with Crippen LogP contribution in [0.5, 0.6) is 0 Å². The van der Waals surface area contributed by atoms with E-state index in [0.29, 0.717) is 0 Å². The summed E-state index contributed by atoms with van der Waals surface area (Å²) in [6, 6.07) is 2.21. The van der Waals surface area contributed by atoms with Crippen LogP contribution in [0.15, 0.2) is 15.4 Å². The van der Waals surface area contributed by atoms with E-state index in [2.05, 4.69) is 9.84 Å². The minimum absolute atomic E-state index is 0.132. The zero-order valence-electron chi connectivity index (χ0n) is 6.83. The summed E-state index contributed by atoms with van der Waals surface area (Å²) in [5, 5.41) is 12.6. The van der Waals surface area contributed by atoms with Gasteiger partial charge in [-0.2, -0.15) is 10.4 Å². The van der Waals surface area contributed by atoms with Gasteiger partial charge in [-0.15, -0.1) is 0 Å². The molecule has 0 aromatic carbocycles. The van der Waals surface area contributed by atoms with Gasteiger partial charge in [0.05, 0.1) is 12.1 Å². The second-order valence-electron chi connectivity index (χ2n) is 2.40. The Hall–Kier alpha value is -2.03. The molecule has 0 fully saturated rings. The van der Waals surface area contributed by atoms with Crippen LogP contribution in [-0.2, 0) is 0 Å². The minimum atomic E-state index is -0.618. The zero-order chi connectivity index (χ0) is 9.84. The van der Waals surface area contributed by atoms with E-state index in [1.165, 1.54) is 6.92 Å². The molecule has 1 heterocycles. The van der Waals surface area contributed by atoms with Gasteiger partial charge in [0.2, 0.25) is 5.76 Å². The number of aromatic amines is 1. The fraction of sp³-hybridized carbons (Fsp3) is 0.286. The molecule has 1 amide bonds. The van der Waals surface area contributed by atoms with Crippen LogP contribution < -0.4 is 10.9 Å². The largest absolute Gasteiger partial charge is 0.373 e. The second-order valence-corrected chi connectivity index (χ2v) is 2.40. The molecule has 1 atom stereocenters. The van der Waals surface area contributed by atoms with Crippen molar-refractivity contribution >= 4 is 5.91 Å². The molecule has 0 spiro atoms. The first-order valence-electron chi connectivity index (χ1n) is 3.52. The van der Waals surface area contributed by atoms with Gasteiger partial charge in [-0.05, 0) is 6.92 Å². The third kappa shape index (κ3) is 2.20. The normalized spacial score (nSPS) is 11.7. The summed E-state index contributed by atoms with van der Waals surface area (Å²) in [5.74, 6) is -0.723. The molecular weight excluding hydrogens is 174 g/mol. The lowest BCUT2D eigenvalue weighted by molar-refractivity contribution is 0.0910. The summed E-state index contributed by atoms with van der Waals surface area (Å²) in [4.78, 5) is 21.7. The van der Waals surface area contributed by atoms with Gasteiger partial charge in [0.15, 0.2) is 0 Å². The predicted molar refractivity (Wildman–Crippen MR) is 41.9 cm³/mol. The Labute approximate surface area is 73.1 Å². The Morgan fingerprint density at radius 1 is 1.85 bits per heavy atom. The van der Waals surface area contributed by atoms with Gasteiger partial charge < -0.3 is 9.84 Å². The fourth-order valence-electron chi connectivity index (χ4n) is 0.695. The first-order chi connectivity index (χ1) is 6.13. The molecule has 0 saturated carbocycles. The Morgan fingerprint density at radius 2 is 2.54 bits per heavy atom. The van der Waals surface area contributed by atoms with Gasteiger partial charge in [-0.25, -0.2) is 0 Å². The highest BCUT2D eigenvalue weighted by Crippen LogP contribution is 1.92. The van der Waals surface area contributed by atoms with E-state index >= 15 is 0 Å². The first kappa shape index (κ1) is 9.06. The number of nitrogens with one attached hydrogen (secondary N) is 2. The summed E-state index contributed by atoms with van der Waals surface area (Å²) >= 11 is 0. The summed E-state index contributed by atoms with van der Waals surface area (Å²) in [6.07, 6.45) is 0. The number of nitriles is 1. The summed E-state index contributed by atoms with van der Waals surface area (Å²) in [7, 11) is 0. The van der Waals surface area contributed by atoms with Crippen LogP contribution in [0.3, 0.4) is 0 Å². The average Bonchev–Trinajstić information content (AvgIpc) is 2.51. The van der Waals surface area contributed by atoms with Crippen LogP contribution in [0, 0.1) is 11.3 Å². The Balaban J connectivity index is 2.71. The number of carbonyl (C=O) groups is 1. The van der Waals surface area contributed by atoms with Gasteiger partial charge in [0.25, 0.3) is 11.5 Å². The highest BCUT2D eigenvalue weighted by atomic mass is 16.5. The first-order valence-corrected chi connectivity index (χ1v) is 3.52. The van der Waals surface area contributed by atoms with Crippen molar-refractivity contribution in [1.29, 1.82) is 5.26 Å². The molecule has 13 heavy (non-hydrogen) atoms. The van der Waals surface area contributed by atoms with Crippen molar-refractivity contribution in [2.24, 2.45) is 0 Å². The Morgan fingerprint density at radius 3 is 3.00 bits per heavy atom. The van der Waals surface area contributed by atoms with Crippen molar-refractivity contribution in [1.82, 2.24) is 10.5 Å². The molecule has 6 nitrogen and oxygen atoms in total. The van der Waals surface area contributed by atoms with E-state index in [1.807, 2.05) is 11.2 Å². The van der Waals surface area contributed by atoms with E-state index in [-0.39, 0.29) is 5.76 Å². The van der Waals surface area contributed by atoms with Crippen LogP contribution in [0.2, 0.25) is 0 Å². The Kier molecular flexibility index (Phi) is 2.50. The van der Waals surface area contributed by atoms with Crippen molar-refractivity contribution in [2.75, 3.05) is 0 Å². The van der Waals surface area contributed by atoms with Crippen LogP contribution in [-0.4, -0.2) is 17.1 Å². The number of rotatable bonds is 2. The second kappa shape index (κ2) is 3.58. The maximum absolute atomic E-state index is 11.1. The highest BCUT2D eigenvalue weighted by Gasteiger charge is 2.12. The van der Waals surface area contributed by atoms with E-state index in [0.717, 1.165) is 6.07 Å². The van der Waals surface area contributed by atoms with Gasteiger partial charge in [-0.3, -0.25) is 9.59 Å². The molecule has 2 N–H and O–H groups in total. The molecule has 1 aromatic rings. The van der Waals surface area contributed by atoms with Crippen molar-refractivity contribution in [2.45, 2.75) is 13.0 Å². The van der Waals surface area contributed by atoms with E-state index in [9.17, 15) is 9.59 Å². The predicted octanol–water partition coefficient (Wildman–Crippen LogP) is -0.390. The molecule has 0 aliphatic heterocycles. The monoisotopic (exact) mass is 181 g/mol. The average molecular weight is 181 g/mol. The lowest BCUT2D eigenvalue weighted by Crippen LogP contribution is -2.31. The van der Waals surface area contributed by atoms with Gasteiger partial charge in [-0.1, -0.05) is 0 Å². The lowest BCUT2D eigenvalue weighted by atomic mass is 10.3. The number of aromatic nitrogens is 1. The molecular formula is C7H7N3O3. The summed E-state index contributed by atoms with van der Waals surface area (Å²) < 4.78 is 4.51. The topological polar surface area (TPSA) is 98.9 Å². The quantitative estimate of drug-likeness (QED) is 0.648. The third-order valence-electron chi connectivity index (χ3n) is 1.29. The molecule has 0 saturated heterocycles. The number of nitrogens with zero attached hydrogens (tertiary/aromatic N) is 1. The molecule has 1 aromatic heterocycles. The van der Waals surface area contributed by atoms with E-state index in [4.69, 9.17) is 5.26 Å². The molecule has 68 valence electrons. The molecule has 0 unspecified atom stereocenters. The molecule has 0 bridgehead atoms. The van der Waals surface area contributed by atoms with Crippen LogP contribution in [0.1, 0.15) is 17.5 Å². The maximum Gasteiger partial charge on any atom is 0.290 e. The lowest BCUT2D eigenvalue weighted by Gasteiger charge is -2.01. The zero-order valence-corrected chi connectivity index (χ0v) is 6.83. The fourth-order valence-corrected chi connectivity index (χ4v) is 0.695. The standard InChI is InChI=1S/C7H7N3O3/c1-4(3-8)9-7(12)5-2-6(11)10-13-5/h2,4H,1H3,(H,9,12)(H,10,11)/t4-/m0/s1. The van der Waals surface area contributed by atoms with Crippen LogP contribution in [0.4, 0.5) is 0 Å². The van der Waals surface area contributed by atoms with Gasteiger partial charge in [0, 0.05) is 0 Å². The number of amides is 1. The number of carbonyl (C=O) groups excluding carboxylic acids is 1. The summed E-state index contributed by atoms with van der Waals surface area (Å²) in [5.41, 5.74) is -0.491. The number of hydrogen-bond donors (Lipinski definition) is 2. The van der Waals surface area contributed by atoms with Crippen molar-refractivity contribution < 1.29 is 9.32 Å². The van der Waals surface area contributed by atoms with Crippen molar-refractivity contribution in [3.05, 3.63) is 22.2 Å². The molecule has 6 heteroatoms. The number of hydrogen-bond acceptors (Lipinski definition) is 4. The van der Waals surface area contributed by atoms with Gasteiger partial charge in [0.1, 0.15) is 6.04 Å². The molecule has 0 aliphatic rings. The Bertz CT molecular complexity index is 398. The van der Waals surface area contributed by atoms with Crippen LogP contribution in [0.25, 0.3) is 0 Å². The molecule has 0 radical (unpaired) electrons. The number of H-pyrrole nitrogens is 1. The minimum Gasteiger partial charge on any atom is -0.373 e. The molecule has 0 aliphatic carbocycles. The maximum atomic E-state index is 11.1.